The van der Waals surface area contributed by atoms with Crippen molar-refractivity contribution in [1.82, 2.24) is 4.98 Å². The molecule has 0 unspecified atom stereocenters. The lowest BCUT2D eigenvalue weighted by atomic mass is 9.94. The summed E-state index contributed by atoms with van der Waals surface area (Å²) in [7, 11) is -3.93. The third-order valence-corrected chi connectivity index (χ3v) is 6.76. The molecule has 0 amide bonds. The van der Waals surface area contributed by atoms with Crippen LogP contribution in [0.25, 0.3) is 10.9 Å². The van der Waals surface area contributed by atoms with Crippen molar-refractivity contribution in [1.29, 1.82) is 0 Å². The molecule has 146 valence electrons. The maximum atomic E-state index is 13.4. The predicted molar refractivity (Wildman–Crippen MR) is 107 cm³/mol. The highest BCUT2D eigenvalue weighted by Crippen LogP contribution is 2.33. The minimum Gasteiger partial charge on any atom is -0.358 e. The minimum atomic E-state index is -3.93. The summed E-state index contributed by atoms with van der Waals surface area (Å²) in [5.74, 6) is -0.536. The van der Waals surface area contributed by atoms with E-state index in [9.17, 15) is 17.6 Å². The van der Waals surface area contributed by atoms with Gasteiger partial charge in [-0.15, -0.1) is 0 Å². The molecule has 0 aliphatic heterocycles. The summed E-state index contributed by atoms with van der Waals surface area (Å²) in [6.45, 7) is 1.86. The fourth-order valence-electron chi connectivity index (χ4n) is 3.68. The number of aromatic amines is 1. The van der Waals surface area contributed by atoms with E-state index < -0.39 is 15.8 Å². The van der Waals surface area contributed by atoms with E-state index in [0.717, 1.165) is 30.0 Å². The van der Waals surface area contributed by atoms with Crippen molar-refractivity contribution in [3.8, 4) is 0 Å². The molecule has 1 aliphatic carbocycles. The quantitative estimate of drug-likeness (QED) is 0.633. The van der Waals surface area contributed by atoms with Crippen LogP contribution in [0.2, 0.25) is 5.02 Å². The number of hydrogen-bond acceptors (Lipinski definition) is 3. The molecule has 2 aromatic carbocycles. The highest BCUT2D eigenvalue weighted by Gasteiger charge is 2.26. The standard InChI is InChI=1S/C20H18ClFN2O3S/c1-2-11-8-13-17(23-16-4-3-5-18(25)20(13)16)10-19(11)28(26,27)24-12-6-7-15(22)14(21)9-12/h6-10,23-24H,2-5H2,1H3. The normalized spacial score (nSPS) is 14.3. The first-order chi connectivity index (χ1) is 13.3. The van der Waals surface area contributed by atoms with Crippen LogP contribution in [-0.4, -0.2) is 19.2 Å². The molecule has 0 fully saturated rings. The smallest absolute Gasteiger partial charge is 0.262 e. The molecule has 0 atom stereocenters. The van der Waals surface area contributed by atoms with E-state index in [1.54, 1.807) is 12.1 Å². The Hall–Kier alpha value is -2.38. The summed E-state index contributed by atoms with van der Waals surface area (Å²) >= 11 is 5.75. The number of carbonyl (C=O) groups excluding carboxylic acids is 1. The van der Waals surface area contributed by atoms with E-state index in [2.05, 4.69) is 9.71 Å². The molecule has 4 rings (SSSR count). The van der Waals surface area contributed by atoms with E-state index in [4.69, 9.17) is 11.6 Å². The summed E-state index contributed by atoms with van der Waals surface area (Å²) in [5.41, 5.74) is 2.94. The van der Waals surface area contributed by atoms with Gasteiger partial charge in [0.25, 0.3) is 10.0 Å². The third-order valence-electron chi connectivity index (χ3n) is 5.01. The molecule has 0 radical (unpaired) electrons. The van der Waals surface area contributed by atoms with Crippen LogP contribution in [0.5, 0.6) is 0 Å². The summed E-state index contributed by atoms with van der Waals surface area (Å²) in [6, 6.07) is 6.99. The summed E-state index contributed by atoms with van der Waals surface area (Å²) in [4.78, 5) is 15.7. The Morgan fingerprint density at radius 2 is 2.00 bits per heavy atom. The number of nitrogens with one attached hydrogen (secondary N) is 2. The number of rotatable bonds is 4. The number of aromatic nitrogens is 1. The minimum absolute atomic E-state index is 0.0873. The lowest BCUT2D eigenvalue weighted by molar-refractivity contribution is 0.0974. The van der Waals surface area contributed by atoms with Crippen molar-refractivity contribution in [3.05, 3.63) is 58.0 Å². The molecule has 0 bridgehead atoms. The van der Waals surface area contributed by atoms with Gasteiger partial charge in [-0.25, -0.2) is 12.8 Å². The molecule has 2 N–H and O–H groups in total. The molecule has 0 saturated heterocycles. The van der Waals surface area contributed by atoms with Gasteiger partial charge < -0.3 is 4.98 Å². The number of sulfonamides is 1. The first kappa shape index (κ1) is 19.0. The van der Waals surface area contributed by atoms with Crippen LogP contribution in [0.1, 0.15) is 41.4 Å². The van der Waals surface area contributed by atoms with Gasteiger partial charge in [0.15, 0.2) is 5.78 Å². The average Bonchev–Trinajstić information content (AvgIpc) is 3.02. The summed E-state index contributed by atoms with van der Waals surface area (Å²) in [6.07, 6.45) is 2.54. The van der Waals surface area contributed by atoms with Crippen molar-refractivity contribution < 1.29 is 17.6 Å². The summed E-state index contributed by atoms with van der Waals surface area (Å²) < 4.78 is 41.8. The monoisotopic (exact) mass is 420 g/mol. The number of aryl methyl sites for hydroxylation is 2. The molecule has 5 nitrogen and oxygen atoms in total. The number of H-pyrrole nitrogens is 1. The third kappa shape index (κ3) is 3.18. The molecule has 3 aromatic rings. The molecule has 28 heavy (non-hydrogen) atoms. The molecule has 1 aliphatic rings. The maximum Gasteiger partial charge on any atom is 0.262 e. The number of fused-ring (bicyclic) bond motifs is 3. The van der Waals surface area contributed by atoms with E-state index in [-0.39, 0.29) is 21.4 Å². The fourth-order valence-corrected chi connectivity index (χ4v) is 5.22. The van der Waals surface area contributed by atoms with Crippen LogP contribution in [-0.2, 0) is 22.9 Å². The maximum absolute atomic E-state index is 13.4. The molecule has 1 heterocycles. The Balaban J connectivity index is 1.82. The highest BCUT2D eigenvalue weighted by molar-refractivity contribution is 7.92. The second-order valence-electron chi connectivity index (χ2n) is 6.85. The Morgan fingerprint density at radius 1 is 1.21 bits per heavy atom. The average molecular weight is 421 g/mol. The van der Waals surface area contributed by atoms with E-state index >= 15 is 0 Å². The van der Waals surface area contributed by atoms with Gasteiger partial charge in [0.2, 0.25) is 0 Å². The van der Waals surface area contributed by atoms with E-state index in [1.807, 2.05) is 6.92 Å². The number of halogens is 2. The number of hydrogen-bond donors (Lipinski definition) is 2. The van der Waals surface area contributed by atoms with E-state index in [0.29, 0.717) is 29.5 Å². The zero-order valence-electron chi connectivity index (χ0n) is 15.1. The highest BCUT2D eigenvalue weighted by atomic mass is 35.5. The SMILES string of the molecule is CCc1cc2c3c([nH]c2cc1S(=O)(=O)Nc1ccc(F)c(Cl)c1)CCCC3=O. The Labute approximate surface area is 167 Å². The zero-order chi connectivity index (χ0) is 20.1. The number of carbonyl (C=O) groups is 1. The molecular formula is C20H18ClFN2O3S. The topological polar surface area (TPSA) is 79.0 Å². The molecule has 8 heteroatoms. The van der Waals surface area contributed by atoms with Crippen molar-refractivity contribution in [2.24, 2.45) is 0 Å². The van der Waals surface area contributed by atoms with Gasteiger partial charge in [-0.3, -0.25) is 9.52 Å². The van der Waals surface area contributed by atoms with Crippen molar-refractivity contribution >= 4 is 44.0 Å². The number of ketones is 1. The van der Waals surface area contributed by atoms with Gasteiger partial charge in [-0.1, -0.05) is 18.5 Å². The lowest BCUT2D eigenvalue weighted by Gasteiger charge is -2.13. The van der Waals surface area contributed by atoms with Gasteiger partial charge in [0.05, 0.1) is 15.6 Å². The van der Waals surface area contributed by atoms with Gasteiger partial charge >= 0.3 is 0 Å². The van der Waals surface area contributed by atoms with Crippen molar-refractivity contribution in [3.63, 3.8) is 0 Å². The number of benzene rings is 2. The second kappa shape index (κ2) is 6.90. The van der Waals surface area contributed by atoms with Crippen LogP contribution in [0.4, 0.5) is 10.1 Å². The Bertz CT molecular complexity index is 1220. The lowest BCUT2D eigenvalue weighted by Crippen LogP contribution is -2.15. The molecule has 0 spiro atoms. The number of Topliss-reactive ketones (excluding diaryl/α,β-unsaturated/α-hetero) is 1. The largest absolute Gasteiger partial charge is 0.358 e. The van der Waals surface area contributed by atoms with Gasteiger partial charge in [0, 0.05) is 28.6 Å². The van der Waals surface area contributed by atoms with E-state index in [1.165, 1.54) is 12.1 Å². The molecular weight excluding hydrogens is 403 g/mol. The molecule has 0 saturated carbocycles. The van der Waals surface area contributed by atoms with Crippen LogP contribution in [0.3, 0.4) is 0 Å². The first-order valence-electron chi connectivity index (χ1n) is 8.98. The molecule has 1 aromatic heterocycles. The summed E-state index contributed by atoms with van der Waals surface area (Å²) in [5, 5.41) is 0.599. The fraction of sp³-hybridized carbons (Fsp3) is 0.250. The van der Waals surface area contributed by atoms with Crippen LogP contribution in [0, 0.1) is 5.82 Å². The van der Waals surface area contributed by atoms with Gasteiger partial charge in [-0.2, -0.15) is 0 Å². The van der Waals surface area contributed by atoms with Crippen LogP contribution in [0.15, 0.2) is 35.2 Å². The number of anilines is 1. The van der Waals surface area contributed by atoms with Crippen LogP contribution < -0.4 is 4.72 Å². The van der Waals surface area contributed by atoms with Crippen molar-refractivity contribution in [2.45, 2.75) is 37.5 Å². The Morgan fingerprint density at radius 3 is 2.71 bits per heavy atom. The Kier molecular flexibility index (Phi) is 4.67. The first-order valence-corrected chi connectivity index (χ1v) is 10.8. The zero-order valence-corrected chi connectivity index (χ0v) is 16.7. The predicted octanol–water partition coefficient (Wildman–Crippen LogP) is 4.84. The second-order valence-corrected chi connectivity index (χ2v) is 8.91. The van der Waals surface area contributed by atoms with Gasteiger partial charge in [-0.05, 0) is 55.2 Å². The van der Waals surface area contributed by atoms with Gasteiger partial charge in [0.1, 0.15) is 5.82 Å². The van der Waals surface area contributed by atoms with Crippen molar-refractivity contribution in [2.75, 3.05) is 4.72 Å². The van der Waals surface area contributed by atoms with Crippen LogP contribution >= 0.6 is 11.6 Å².